The molecule has 0 aliphatic heterocycles. The molecule has 0 aliphatic carbocycles. The number of carbonyl (C=O) groups is 1. The van der Waals surface area contributed by atoms with Gasteiger partial charge in [-0.05, 0) is 30.7 Å². The molecule has 1 aromatic rings. The van der Waals surface area contributed by atoms with E-state index in [9.17, 15) is 4.79 Å². The Hall–Kier alpha value is -1.71. The summed E-state index contributed by atoms with van der Waals surface area (Å²) >= 11 is 0. The minimum atomic E-state index is -0.133. The number of unbranched alkanes of at least 4 members (excludes halogenated alkanes) is 2. The molecule has 0 saturated heterocycles. The Bertz CT molecular complexity index is 361. The van der Waals surface area contributed by atoms with Crippen LogP contribution in [0.4, 0.5) is 10.5 Å². The van der Waals surface area contributed by atoms with Crippen LogP contribution in [-0.4, -0.2) is 31.6 Å². The summed E-state index contributed by atoms with van der Waals surface area (Å²) in [5, 5.41) is 2.78. The summed E-state index contributed by atoms with van der Waals surface area (Å²) in [5.41, 5.74) is 0.773. The van der Waals surface area contributed by atoms with Crippen LogP contribution in [0.3, 0.4) is 0 Å². The fourth-order valence-corrected chi connectivity index (χ4v) is 1.41. The fraction of sp³-hybridized carbons (Fsp3) is 0.500. The van der Waals surface area contributed by atoms with Gasteiger partial charge in [-0.15, -0.1) is 0 Å². The summed E-state index contributed by atoms with van der Waals surface area (Å²) in [6.07, 6.45) is 3.46. The first-order chi connectivity index (χ1) is 8.63. The Morgan fingerprint density at radius 1 is 1.22 bits per heavy atom. The molecular formula is C14H22N2O2. The summed E-state index contributed by atoms with van der Waals surface area (Å²) in [4.78, 5) is 12.9. The van der Waals surface area contributed by atoms with Crippen LogP contribution in [0.1, 0.15) is 26.2 Å². The van der Waals surface area contributed by atoms with Crippen molar-refractivity contribution in [2.24, 2.45) is 0 Å². The maximum atomic E-state index is 11.4. The van der Waals surface area contributed by atoms with Gasteiger partial charge < -0.3 is 15.0 Å². The minimum Gasteiger partial charge on any atom is -0.494 e. The third-order valence-electron chi connectivity index (χ3n) is 2.53. The second-order valence-corrected chi connectivity index (χ2v) is 4.40. The fourth-order valence-electron chi connectivity index (χ4n) is 1.41. The maximum Gasteiger partial charge on any atom is 0.321 e. The number of ether oxygens (including phenoxy) is 1. The number of hydrogen-bond donors (Lipinski definition) is 1. The molecule has 0 atom stereocenters. The zero-order chi connectivity index (χ0) is 13.4. The predicted octanol–water partition coefficient (Wildman–Crippen LogP) is 3.35. The molecule has 18 heavy (non-hydrogen) atoms. The summed E-state index contributed by atoms with van der Waals surface area (Å²) in [7, 11) is 3.42. The highest BCUT2D eigenvalue weighted by molar-refractivity contribution is 5.88. The molecule has 1 rings (SSSR count). The topological polar surface area (TPSA) is 41.6 Å². The number of benzene rings is 1. The molecule has 0 heterocycles. The van der Waals surface area contributed by atoms with Crippen LogP contribution >= 0.6 is 0 Å². The molecule has 0 radical (unpaired) electrons. The van der Waals surface area contributed by atoms with Crippen LogP contribution in [0.5, 0.6) is 5.75 Å². The Morgan fingerprint density at radius 2 is 1.89 bits per heavy atom. The number of anilines is 1. The molecule has 2 amide bonds. The van der Waals surface area contributed by atoms with E-state index in [0.717, 1.165) is 24.5 Å². The van der Waals surface area contributed by atoms with E-state index < -0.39 is 0 Å². The highest BCUT2D eigenvalue weighted by Crippen LogP contribution is 2.16. The number of nitrogens with one attached hydrogen (secondary N) is 1. The summed E-state index contributed by atoms with van der Waals surface area (Å²) in [5.74, 6) is 0.842. The highest BCUT2D eigenvalue weighted by atomic mass is 16.5. The van der Waals surface area contributed by atoms with Gasteiger partial charge in [-0.3, -0.25) is 0 Å². The van der Waals surface area contributed by atoms with E-state index in [1.807, 2.05) is 24.3 Å². The van der Waals surface area contributed by atoms with E-state index in [4.69, 9.17) is 4.74 Å². The summed E-state index contributed by atoms with van der Waals surface area (Å²) < 4.78 is 5.59. The van der Waals surface area contributed by atoms with E-state index in [0.29, 0.717) is 0 Å². The van der Waals surface area contributed by atoms with Gasteiger partial charge in [-0.25, -0.2) is 4.79 Å². The van der Waals surface area contributed by atoms with Crippen molar-refractivity contribution in [1.29, 1.82) is 0 Å². The lowest BCUT2D eigenvalue weighted by Gasteiger charge is -2.12. The molecule has 0 fully saturated rings. The first-order valence-corrected chi connectivity index (χ1v) is 6.34. The van der Waals surface area contributed by atoms with Crippen molar-refractivity contribution in [3.63, 3.8) is 0 Å². The number of amides is 2. The lowest BCUT2D eigenvalue weighted by atomic mass is 10.2. The monoisotopic (exact) mass is 250 g/mol. The van der Waals surface area contributed by atoms with Crippen LogP contribution in [0.25, 0.3) is 0 Å². The molecule has 0 aliphatic rings. The van der Waals surface area contributed by atoms with Crippen LogP contribution in [0.2, 0.25) is 0 Å². The highest BCUT2D eigenvalue weighted by Gasteiger charge is 2.03. The Labute approximate surface area is 109 Å². The lowest BCUT2D eigenvalue weighted by Crippen LogP contribution is -2.27. The third-order valence-corrected chi connectivity index (χ3v) is 2.53. The van der Waals surface area contributed by atoms with Crippen molar-refractivity contribution in [3.8, 4) is 5.75 Å². The first kappa shape index (κ1) is 14.4. The normalized spacial score (nSPS) is 9.94. The van der Waals surface area contributed by atoms with Gasteiger partial charge in [0.25, 0.3) is 0 Å². The van der Waals surface area contributed by atoms with Crippen LogP contribution in [0, 0.1) is 0 Å². The molecular weight excluding hydrogens is 228 g/mol. The van der Waals surface area contributed by atoms with Crippen LogP contribution in [-0.2, 0) is 0 Å². The number of urea groups is 1. The number of nitrogens with zero attached hydrogens (tertiary/aromatic N) is 1. The van der Waals surface area contributed by atoms with Crippen molar-refractivity contribution >= 4 is 11.7 Å². The Morgan fingerprint density at radius 3 is 2.44 bits per heavy atom. The minimum absolute atomic E-state index is 0.133. The van der Waals surface area contributed by atoms with Crippen molar-refractivity contribution in [2.45, 2.75) is 26.2 Å². The standard InChI is InChI=1S/C14H22N2O2/c1-4-5-6-11-18-13-9-7-12(8-10-13)15-14(17)16(2)3/h7-10H,4-6,11H2,1-3H3,(H,15,17). The average Bonchev–Trinajstić information content (AvgIpc) is 2.36. The van der Waals surface area contributed by atoms with Crippen molar-refractivity contribution in [2.75, 3.05) is 26.0 Å². The Kier molecular flexibility index (Phi) is 6.05. The van der Waals surface area contributed by atoms with E-state index in [1.54, 1.807) is 14.1 Å². The van der Waals surface area contributed by atoms with Gasteiger partial charge in [-0.2, -0.15) is 0 Å². The van der Waals surface area contributed by atoms with E-state index >= 15 is 0 Å². The molecule has 0 aromatic heterocycles. The van der Waals surface area contributed by atoms with E-state index in [2.05, 4.69) is 12.2 Å². The SMILES string of the molecule is CCCCCOc1ccc(NC(=O)N(C)C)cc1. The average molecular weight is 250 g/mol. The van der Waals surface area contributed by atoms with E-state index in [1.165, 1.54) is 17.7 Å². The van der Waals surface area contributed by atoms with Gasteiger partial charge in [0.1, 0.15) is 5.75 Å². The van der Waals surface area contributed by atoms with E-state index in [-0.39, 0.29) is 6.03 Å². The molecule has 1 N–H and O–H groups in total. The second-order valence-electron chi connectivity index (χ2n) is 4.40. The largest absolute Gasteiger partial charge is 0.494 e. The zero-order valence-electron chi connectivity index (χ0n) is 11.4. The zero-order valence-corrected chi connectivity index (χ0v) is 11.4. The van der Waals surface area contributed by atoms with Gasteiger partial charge >= 0.3 is 6.03 Å². The third kappa shape index (κ3) is 5.08. The quantitative estimate of drug-likeness (QED) is 0.787. The molecule has 1 aromatic carbocycles. The molecule has 0 saturated carbocycles. The van der Waals surface area contributed by atoms with Crippen molar-refractivity contribution < 1.29 is 9.53 Å². The summed E-state index contributed by atoms with van der Waals surface area (Å²) in [6.45, 7) is 2.92. The first-order valence-electron chi connectivity index (χ1n) is 6.34. The second kappa shape index (κ2) is 7.58. The lowest BCUT2D eigenvalue weighted by molar-refractivity contribution is 0.230. The van der Waals surface area contributed by atoms with Gasteiger partial charge in [0.05, 0.1) is 6.61 Å². The molecule has 0 spiro atoms. The smallest absolute Gasteiger partial charge is 0.321 e. The Balaban J connectivity index is 2.40. The maximum absolute atomic E-state index is 11.4. The molecule has 0 unspecified atom stereocenters. The molecule has 0 bridgehead atoms. The predicted molar refractivity (Wildman–Crippen MR) is 74.2 cm³/mol. The van der Waals surface area contributed by atoms with Crippen molar-refractivity contribution in [3.05, 3.63) is 24.3 Å². The number of hydrogen-bond acceptors (Lipinski definition) is 2. The van der Waals surface area contributed by atoms with Gasteiger partial charge in [0, 0.05) is 19.8 Å². The van der Waals surface area contributed by atoms with Crippen LogP contribution in [0.15, 0.2) is 24.3 Å². The number of carbonyl (C=O) groups excluding carboxylic acids is 1. The van der Waals surface area contributed by atoms with Gasteiger partial charge in [-0.1, -0.05) is 19.8 Å². The molecule has 4 heteroatoms. The number of rotatable bonds is 6. The molecule has 4 nitrogen and oxygen atoms in total. The molecule has 100 valence electrons. The van der Waals surface area contributed by atoms with Gasteiger partial charge in [0.15, 0.2) is 0 Å². The van der Waals surface area contributed by atoms with Crippen LogP contribution < -0.4 is 10.1 Å². The summed E-state index contributed by atoms with van der Waals surface area (Å²) in [6, 6.07) is 7.30. The van der Waals surface area contributed by atoms with Crippen molar-refractivity contribution in [1.82, 2.24) is 4.90 Å². The van der Waals surface area contributed by atoms with Gasteiger partial charge in [0.2, 0.25) is 0 Å².